The van der Waals surface area contributed by atoms with Gasteiger partial charge in [0, 0.05) is 32.1 Å². The molecular weight excluding hydrogens is 328 g/mol. The van der Waals surface area contributed by atoms with Crippen molar-refractivity contribution < 1.29 is 14.3 Å². The van der Waals surface area contributed by atoms with Crippen molar-refractivity contribution in [2.24, 2.45) is 0 Å². The minimum Gasteiger partial charge on any atom is -0.497 e. The van der Waals surface area contributed by atoms with Gasteiger partial charge in [-0.25, -0.2) is 0 Å². The van der Waals surface area contributed by atoms with Crippen LogP contribution < -0.4 is 10.1 Å². The third kappa shape index (κ3) is 5.92. The van der Waals surface area contributed by atoms with Crippen LogP contribution in [0.25, 0.3) is 0 Å². The van der Waals surface area contributed by atoms with E-state index < -0.39 is 0 Å². The minimum atomic E-state index is -0.124. The first kappa shape index (κ1) is 19.5. The van der Waals surface area contributed by atoms with Gasteiger partial charge in [0.25, 0.3) is 5.91 Å². The van der Waals surface area contributed by atoms with Crippen molar-refractivity contribution in [3.63, 3.8) is 0 Å². The Morgan fingerprint density at radius 2 is 1.81 bits per heavy atom. The molecule has 0 aliphatic carbocycles. The number of nitrogens with zero attached hydrogens (tertiary/aromatic N) is 1. The SMILES string of the molecule is COc1cccc(CCN(CCNC(=O)c2ccc(C)cc2)C(C)=O)c1. The largest absolute Gasteiger partial charge is 0.497 e. The van der Waals surface area contributed by atoms with Gasteiger partial charge in [0.1, 0.15) is 5.75 Å². The Morgan fingerprint density at radius 1 is 1.08 bits per heavy atom. The lowest BCUT2D eigenvalue weighted by Gasteiger charge is -2.21. The summed E-state index contributed by atoms with van der Waals surface area (Å²) in [5.74, 6) is 0.681. The zero-order valence-electron chi connectivity index (χ0n) is 15.6. The van der Waals surface area contributed by atoms with Gasteiger partial charge in [0.15, 0.2) is 0 Å². The molecule has 0 aromatic heterocycles. The van der Waals surface area contributed by atoms with Crippen molar-refractivity contribution in [1.82, 2.24) is 10.2 Å². The van der Waals surface area contributed by atoms with Crippen LogP contribution in [0, 0.1) is 6.92 Å². The lowest BCUT2D eigenvalue weighted by atomic mass is 10.1. The molecule has 0 fully saturated rings. The van der Waals surface area contributed by atoms with Crippen molar-refractivity contribution >= 4 is 11.8 Å². The van der Waals surface area contributed by atoms with Gasteiger partial charge >= 0.3 is 0 Å². The number of methoxy groups -OCH3 is 1. The molecule has 138 valence electrons. The average molecular weight is 354 g/mol. The summed E-state index contributed by atoms with van der Waals surface area (Å²) >= 11 is 0. The third-order valence-electron chi connectivity index (χ3n) is 4.23. The van der Waals surface area contributed by atoms with E-state index in [-0.39, 0.29) is 11.8 Å². The Balaban J connectivity index is 1.83. The number of ether oxygens (including phenoxy) is 1. The fraction of sp³-hybridized carbons (Fsp3) is 0.333. The summed E-state index contributed by atoms with van der Waals surface area (Å²) in [7, 11) is 1.64. The first-order valence-electron chi connectivity index (χ1n) is 8.73. The van der Waals surface area contributed by atoms with Crippen LogP contribution in [0.1, 0.15) is 28.4 Å². The number of aryl methyl sites for hydroxylation is 1. The summed E-state index contributed by atoms with van der Waals surface area (Å²) < 4.78 is 5.22. The Hall–Kier alpha value is -2.82. The fourth-order valence-electron chi connectivity index (χ4n) is 2.63. The smallest absolute Gasteiger partial charge is 0.251 e. The molecule has 5 heteroatoms. The molecule has 0 bridgehead atoms. The molecule has 0 aliphatic rings. The Bertz CT molecular complexity index is 741. The number of nitrogens with one attached hydrogen (secondary N) is 1. The molecule has 26 heavy (non-hydrogen) atoms. The lowest BCUT2D eigenvalue weighted by Crippen LogP contribution is -2.38. The number of carbonyl (C=O) groups is 2. The number of rotatable bonds is 8. The molecule has 0 saturated heterocycles. The van der Waals surface area contributed by atoms with Gasteiger partial charge in [-0.05, 0) is 43.2 Å². The van der Waals surface area contributed by atoms with E-state index in [0.717, 1.165) is 23.3 Å². The molecule has 0 heterocycles. The second-order valence-corrected chi connectivity index (χ2v) is 6.23. The highest BCUT2D eigenvalue weighted by molar-refractivity contribution is 5.94. The van der Waals surface area contributed by atoms with Crippen LogP contribution in [-0.2, 0) is 11.2 Å². The van der Waals surface area contributed by atoms with Crippen LogP contribution in [0.4, 0.5) is 0 Å². The summed E-state index contributed by atoms with van der Waals surface area (Å²) in [6, 6.07) is 15.2. The Kier molecular flexibility index (Phi) is 7.21. The molecular formula is C21H26N2O3. The maximum atomic E-state index is 12.1. The van der Waals surface area contributed by atoms with Gasteiger partial charge in [0.05, 0.1) is 7.11 Å². The van der Waals surface area contributed by atoms with E-state index in [1.807, 2.05) is 43.3 Å². The normalized spacial score (nSPS) is 10.3. The van der Waals surface area contributed by atoms with Gasteiger partial charge in [0.2, 0.25) is 5.91 Å². The summed E-state index contributed by atoms with van der Waals surface area (Å²) in [6.45, 7) is 5.03. The van der Waals surface area contributed by atoms with Gasteiger partial charge in [-0.1, -0.05) is 29.8 Å². The van der Waals surface area contributed by atoms with E-state index >= 15 is 0 Å². The fourth-order valence-corrected chi connectivity index (χ4v) is 2.63. The van der Waals surface area contributed by atoms with Crippen LogP contribution in [-0.4, -0.2) is 43.5 Å². The molecule has 5 nitrogen and oxygen atoms in total. The number of carbonyl (C=O) groups excluding carboxylic acids is 2. The van der Waals surface area contributed by atoms with Crippen molar-refractivity contribution in [3.8, 4) is 5.75 Å². The molecule has 0 spiro atoms. The van der Waals surface area contributed by atoms with E-state index in [1.165, 1.54) is 0 Å². The molecule has 2 rings (SSSR count). The number of benzene rings is 2. The van der Waals surface area contributed by atoms with Crippen molar-refractivity contribution in [3.05, 3.63) is 65.2 Å². The molecule has 0 saturated carbocycles. The first-order chi connectivity index (χ1) is 12.5. The number of hydrogen-bond acceptors (Lipinski definition) is 3. The highest BCUT2D eigenvalue weighted by Crippen LogP contribution is 2.13. The van der Waals surface area contributed by atoms with E-state index in [0.29, 0.717) is 25.2 Å². The molecule has 0 radical (unpaired) electrons. The molecule has 1 N–H and O–H groups in total. The van der Waals surface area contributed by atoms with Crippen LogP contribution in [0.3, 0.4) is 0 Å². The van der Waals surface area contributed by atoms with Crippen LogP contribution in [0.15, 0.2) is 48.5 Å². The van der Waals surface area contributed by atoms with Gasteiger partial charge < -0.3 is 15.0 Å². The van der Waals surface area contributed by atoms with E-state index in [2.05, 4.69) is 5.32 Å². The summed E-state index contributed by atoms with van der Waals surface area (Å²) in [5, 5.41) is 2.87. The lowest BCUT2D eigenvalue weighted by molar-refractivity contribution is -0.128. The molecule has 0 atom stereocenters. The van der Waals surface area contributed by atoms with Crippen LogP contribution >= 0.6 is 0 Å². The predicted octanol–water partition coefficient (Wildman–Crippen LogP) is 2.82. The maximum Gasteiger partial charge on any atom is 0.251 e. The standard InChI is InChI=1S/C21H26N2O3/c1-16-7-9-19(10-8-16)21(25)22-12-14-23(17(2)24)13-11-18-5-4-6-20(15-18)26-3/h4-10,15H,11-14H2,1-3H3,(H,22,25). The topological polar surface area (TPSA) is 58.6 Å². The second-order valence-electron chi connectivity index (χ2n) is 6.23. The highest BCUT2D eigenvalue weighted by Gasteiger charge is 2.10. The minimum absolute atomic E-state index is 0.00233. The first-order valence-corrected chi connectivity index (χ1v) is 8.73. The van der Waals surface area contributed by atoms with Crippen LogP contribution in [0.5, 0.6) is 5.75 Å². The Morgan fingerprint density at radius 3 is 2.46 bits per heavy atom. The zero-order chi connectivity index (χ0) is 18.9. The number of hydrogen-bond donors (Lipinski definition) is 1. The summed E-state index contributed by atoms with van der Waals surface area (Å²) in [6.07, 6.45) is 0.739. The average Bonchev–Trinajstić information content (AvgIpc) is 2.64. The van der Waals surface area contributed by atoms with Crippen molar-refractivity contribution in [1.29, 1.82) is 0 Å². The van der Waals surface area contributed by atoms with Crippen molar-refractivity contribution in [2.45, 2.75) is 20.3 Å². The van der Waals surface area contributed by atoms with E-state index in [4.69, 9.17) is 4.74 Å². The molecule has 2 aromatic carbocycles. The molecule has 2 aromatic rings. The van der Waals surface area contributed by atoms with Gasteiger partial charge in [-0.2, -0.15) is 0 Å². The monoisotopic (exact) mass is 354 g/mol. The maximum absolute atomic E-state index is 12.1. The van der Waals surface area contributed by atoms with E-state index in [1.54, 1.807) is 31.1 Å². The summed E-state index contributed by atoms with van der Waals surface area (Å²) in [5.41, 5.74) is 2.85. The molecule has 2 amide bonds. The van der Waals surface area contributed by atoms with Crippen molar-refractivity contribution in [2.75, 3.05) is 26.7 Å². The Labute approximate surface area is 155 Å². The quantitative estimate of drug-likeness (QED) is 0.793. The van der Waals surface area contributed by atoms with Gasteiger partial charge in [-0.3, -0.25) is 9.59 Å². The zero-order valence-corrected chi connectivity index (χ0v) is 15.6. The molecule has 0 aliphatic heterocycles. The second kappa shape index (κ2) is 9.61. The third-order valence-corrected chi connectivity index (χ3v) is 4.23. The predicted molar refractivity (Wildman–Crippen MR) is 102 cm³/mol. The van der Waals surface area contributed by atoms with E-state index in [9.17, 15) is 9.59 Å². The van der Waals surface area contributed by atoms with Crippen LogP contribution in [0.2, 0.25) is 0 Å². The molecule has 0 unspecified atom stereocenters. The highest BCUT2D eigenvalue weighted by atomic mass is 16.5. The number of amides is 2. The summed E-state index contributed by atoms with van der Waals surface area (Å²) in [4.78, 5) is 25.7. The van der Waals surface area contributed by atoms with Gasteiger partial charge in [-0.15, -0.1) is 0 Å².